The number of hydrogen-bond acceptors (Lipinski definition) is 3. The van der Waals surface area contributed by atoms with Crippen LogP contribution in [0.3, 0.4) is 0 Å². The van der Waals surface area contributed by atoms with Crippen molar-refractivity contribution in [3.05, 3.63) is 131 Å². The minimum absolute atomic E-state index is 0. The number of imidazole rings is 2. The normalized spacial score (nSPS) is 12.0. The van der Waals surface area contributed by atoms with Gasteiger partial charge in [-0.1, -0.05) is 35.9 Å². The third-order valence-electron chi connectivity index (χ3n) is 7.53. The summed E-state index contributed by atoms with van der Waals surface area (Å²) < 4.78 is 4.33. The Kier molecular flexibility index (Phi) is 7.01. The summed E-state index contributed by atoms with van der Waals surface area (Å²) in [6.07, 6.45) is 4.91. The molecular weight excluding hydrogens is 685 g/mol. The first kappa shape index (κ1) is 27.0. The van der Waals surface area contributed by atoms with E-state index in [0.29, 0.717) is 6.42 Å². The van der Waals surface area contributed by atoms with Crippen molar-refractivity contribution in [1.82, 2.24) is 19.1 Å². The maximum absolute atomic E-state index is 5.31. The van der Waals surface area contributed by atoms with E-state index in [1.807, 2.05) is 13.1 Å². The molecule has 6 aromatic rings. The van der Waals surface area contributed by atoms with Gasteiger partial charge in [0, 0.05) is 30.5 Å². The minimum atomic E-state index is 0. The summed E-state index contributed by atoms with van der Waals surface area (Å²) in [6, 6.07) is 34.7. The van der Waals surface area contributed by atoms with Crippen molar-refractivity contribution < 1.29 is 21.1 Å². The van der Waals surface area contributed by atoms with Crippen molar-refractivity contribution in [2.75, 3.05) is 4.90 Å². The average molecular weight is 715 g/mol. The van der Waals surface area contributed by atoms with E-state index < -0.39 is 0 Å². The van der Waals surface area contributed by atoms with E-state index in [2.05, 4.69) is 132 Å². The Morgan fingerprint density at radius 2 is 1.41 bits per heavy atom. The molecule has 0 saturated heterocycles. The van der Waals surface area contributed by atoms with Crippen LogP contribution in [0, 0.1) is 32.9 Å². The van der Waals surface area contributed by atoms with Gasteiger partial charge in [0.2, 0.25) is 5.95 Å². The fourth-order valence-electron chi connectivity index (χ4n) is 5.79. The smallest absolute Gasteiger partial charge is 0.347 e. The Morgan fingerprint density at radius 1 is 0.732 bits per heavy atom. The van der Waals surface area contributed by atoms with Gasteiger partial charge in [0.15, 0.2) is 0 Å². The first-order valence-corrected chi connectivity index (χ1v) is 13.5. The molecule has 3 heterocycles. The van der Waals surface area contributed by atoms with E-state index in [9.17, 15) is 0 Å². The van der Waals surface area contributed by atoms with Gasteiger partial charge in [-0.25, -0.2) is 0 Å². The molecule has 2 aromatic heterocycles. The fraction of sp³-hybridized carbons (Fsp3) is 0.143. The van der Waals surface area contributed by atoms with Crippen LogP contribution in [-0.2, 0) is 34.5 Å². The number of aryl methyl sites for hydroxylation is 4. The molecule has 5 nitrogen and oxygen atoms in total. The first-order valence-electron chi connectivity index (χ1n) is 13.5. The standard InChI is InChI=1S/C35H29N5.Pt/c1-23-16-24(2)34(25(3)17-23)39-22-32-27-11-8-10-26(18-27)19-33-36-31(21-38(33)4)28-12-9-15-30(20-28)40(35(39)37-32)29-13-6-5-7-14-29;/h5-17,21-22H,19H2,1-4H3;/q-2;+2. The summed E-state index contributed by atoms with van der Waals surface area (Å²) in [5.74, 6) is 1.78. The number of benzene rings is 4. The molecule has 0 fully saturated rings. The molecule has 0 spiro atoms. The van der Waals surface area contributed by atoms with Crippen LogP contribution >= 0.6 is 0 Å². The van der Waals surface area contributed by atoms with Crippen molar-refractivity contribution in [1.29, 1.82) is 0 Å². The summed E-state index contributed by atoms with van der Waals surface area (Å²) in [4.78, 5) is 12.5. The molecule has 6 heteroatoms. The third kappa shape index (κ3) is 4.85. The minimum Gasteiger partial charge on any atom is -0.347 e. The quantitative estimate of drug-likeness (QED) is 0.172. The first-order chi connectivity index (χ1) is 19.4. The number of aromatic nitrogens is 4. The predicted octanol–water partition coefficient (Wildman–Crippen LogP) is 7.84. The van der Waals surface area contributed by atoms with E-state index in [4.69, 9.17) is 9.97 Å². The summed E-state index contributed by atoms with van der Waals surface area (Å²) in [5.41, 5.74) is 11.4. The average Bonchev–Trinajstić information content (AvgIpc) is 3.53. The van der Waals surface area contributed by atoms with Gasteiger partial charge in [0.05, 0.1) is 5.69 Å². The van der Waals surface area contributed by atoms with Gasteiger partial charge < -0.3 is 4.57 Å². The van der Waals surface area contributed by atoms with Crippen LogP contribution < -0.4 is 4.90 Å². The van der Waals surface area contributed by atoms with Gasteiger partial charge in [0.1, 0.15) is 5.82 Å². The molecule has 1 aliphatic rings. The van der Waals surface area contributed by atoms with E-state index >= 15 is 0 Å². The summed E-state index contributed by atoms with van der Waals surface area (Å²) in [6.45, 7) is 6.49. The molecule has 0 atom stereocenters. The Hall–Kier alpha value is -4.21. The van der Waals surface area contributed by atoms with Crippen LogP contribution in [0.1, 0.15) is 28.1 Å². The molecule has 4 aromatic carbocycles. The van der Waals surface area contributed by atoms with Crippen molar-refractivity contribution in [2.24, 2.45) is 7.05 Å². The van der Waals surface area contributed by atoms with Gasteiger partial charge in [-0.3, -0.25) is 19.4 Å². The van der Waals surface area contributed by atoms with Crippen molar-refractivity contribution in [3.8, 4) is 28.2 Å². The third-order valence-corrected chi connectivity index (χ3v) is 7.53. The second-order valence-corrected chi connectivity index (χ2v) is 10.6. The van der Waals surface area contributed by atoms with Crippen LogP contribution in [0.2, 0.25) is 0 Å². The van der Waals surface area contributed by atoms with Crippen LogP contribution in [0.15, 0.2) is 91.3 Å². The maximum atomic E-state index is 5.31. The fourth-order valence-corrected chi connectivity index (χ4v) is 5.79. The number of para-hydroxylation sites is 1. The Balaban J connectivity index is 0.00000302. The molecule has 0 radical (unpaired) electrons. The SMILES string of the molecule is Cc1cc(C)c(-n2cc3nc2N(c2ccccc2)c2[c-]c(ccc2)-c2cn(C)c(n2)Cc2[c-]c-3ccc2)c(C)c1.[Pt+2]. The Labute approximate surface area is 255 Å². The second kappa shape index (κ2) is 10.6. The zero-order valence-corrected chi connectivity index (χ0v) is 25.7. The largest absolute Gasteiger partial charge is 2.00 e. The molecule has 1 aliphatic heterocycles. The number of anilines is 3. The molecule has 0 amide bonds. The Bertz CT molecular complexity index is 1860. The summed E-state index contributed by atoms with van der Waals surface area (Å²) in [5, 5.41) is 0. The second-order valence-electron chi connectivity index (χ2n) is 10.6. The molecule has 0 aliphatic carbocycles. The molecule has 0 N–H and O–H groups in total. The van der Waals surface area contributed by atoms with E-state index in [-0.39, 0.29) is 21.1 Å². The van der Waals surface area contributed by atoms with E-state index in [1.54, 1.807) is 0 Å². The summed E-state index contributed by atoms with van der Waals surface area (Å²) in [7, 11) is 2.05. The molecule has 0 saturated carbocycles. The van der Waals surface area contributed by atoms with Crippen molar-refractivity contribution >= 4 is 17.3 Å². The zero-order valence-electron chi connectivity index (χ0n) is 23.4. The van der Waals surface area contributed by atoms with E-state index in [1.165, 1.54) is 16.7 Å². The van der Waals surface area contributed by atoms with Gasteiger partial charge in [-0.05, 0) is 62.1 Å². The zero-order chi connectivity index (χ0) is 27.4. The van der Waals surface area contributed by atoms with Crippen LogP contribution in [0.5, 0.6) is 0 Å². The molecule has 204 valence electrons. The van der Waals surface area contributed by atoms with Crippen LogP contribution in [0.25, 0.3) is 28.2 Å². The monoisotopic (exact) mass is 714 g/mol. The van der Waals surface area contributed by atoms with Gasteiger partial charge >= 0.3 is 21.1 Å². The molecule has 7 rings (SSSR count). The van der Waals surface area contributed by atoms with Crippen molar-refractivity contribution in [3.63, 3.8) is 0 Å². The van der Waals surface area contributed by atoms with Crippen LogP contribution in [-0.4, -0.2) is 19.1 Å². The molecule has 0 unspecified atom stereocenters. The predicted molar refractivity (Wildman–Crippen MR) is 161 cm³/mol. The maximum Gasteiger partial charge on any atom is 2.00 e. The number of hydrogen-bond donors (Lipinski definition) is 0. The molecule has 41 heavy (non-hydrogen) atoms. The molecule has 8 bridgehead atoms. The summed E-state index contributed by atoms with van der Waals surface area (Å²) >= 11 is 0. The van der Waals surface area contributed by atoms with Crippen LogP contribution in [0.4, 0.5) is 17.3 Å². The van der Waals surface area contributed by atoms with E-state index in [0.717, 1.165) is 56.9 Å². The number of rotatable bonds is 2. The topological polar surface area (TPSA) is 38.9 Å². The molecular formula is C35H29N5Pt. The number of fused-ring (bicyclic) bond motifs is 10. The van der Waals surface area contributed by atoms with Crippen molar-refractivity contribution in [2.45, 2.75) is 27.2 Å². The van der Waals surface area contributed by atoms with Gasteiger partial charge in [0.25, 0.3) is 0 Å². The Morgan fingerprint density at radius 3 is 2.17 bits per heavy atom. The number of nitrogens with zero attached hydrogens (tertiary/aromatic N) is 5. The van der Waals surface area contributed by atoms with Gasteiger partial charge in [-0.2, -0.15) is 0 Å². The van der Waals surface area contributed by atoms with Gasteiger partial charge in [-0.15, -0.1) is 65.2 Å².